The number of rotatable bonds is 5. The Labute approximate surface area is 162 Å². The number of nitrogens with one attached hydrogen (secondary N) is 1. The van der Waals surface area contributed by atoms with E-state index in [1.165, 1.54) is 7.11 Å². The normalized spacial score (nSPS) is 10.4. The number of methoxy groups -OCH3 is 1. The molecule has 0 aliphatic rings. The number of nitrogens with zero attached hydrogens (tertiary/aromatic N) is 3. The van der Waals surface area contributed by atoms with Crippen molar-refractivity contribution in [2.24, 2.45) is 0 Å². The molecule has 1 N–H and O–H groups in total. The van der Waals surface area contributed by atoms with Gasteiger partial charge in [0.15, 0.2) is 0 Å². The molecule has 27 heavy (non-hydrogen) atoms. The molecule has 0 aliphatic heterocycles. The highest BCUT2D eigenvalue weighted by Gasteiger charge is 2.12. The fraction of sp³-hybridized carbons (Fsp3) is 0.150. The SMILES string of the molecule is COC(=O)c1ccc(Cl)c(Nc2nc(C)cc(N(C)c3ccccc3)n2)c1. The summed E-state index contributed by atoms with van der Waals surface area (Å²) in [5.74, 6) is 0.678. The van der Waals surface area contributed by atoms with Crippen molar-refractivity contribution in [3.8, 4) is 0 Å². The van der Waals surface area contributed by atoms with Gasteiger partial charge in [-0.2, -0.15) is 4.98 Å². The first-order valence-electron chi connectivity index (χ1n) is 8.27. The van der Waals surface area contributed by atoms with Crippen molar-refractivity contribution in [2.75, 3.05) is 24.4 Å². The Bertz CT molecular complexity index is 963. The van der Waals surface area contributed by atoms with E-state index in [9.17, 15) is 4.79 Å². The lowest BCUT2D eigenvalue weighted by Crippen LogP contribution is -2.13. The number of carbonyl (C=O) groups excluding carboxylic acids is 1. The van der Waals surface area contributed by atoms with Gasteiger partial charge in [0, 0.05) is 24.5 Å². The van der Waals surface area contributed by atoms with Gasteiger partial charge in [-0.05, 0) is 37.3 Å². The Hall–Kier alpha value is -3.12. The lowest BCUT2D eigenvalue weighted by molar-refractivity contribution is 0.0601. The maximum absolute atomic E-state index is 11.8. The maximum atomic E-state index is 11.8. The first-order chi connectivity index (χ1) is 13.0. The van der Waals surface area contributed by atoms with Gasteiger partial charge in [-0.3, -0.25) is 0 Å². The Balaban J connectivity index is 1.92. The third-order valence-electron chi connectivity index (χ3n) is 3.96. The molecular weight excluding hydrogens is 364 g/mol. The first kappa shape index (κ1) is 18.7. The largest absolute Gasteiger partial charge is 0.465 e. The van der Waals surface area contributed by atoms with Crippen LogP contribution in [0.15, 0.2) is 54.6 Å². The van der Waals surface area contributed by atoms with Crippen molar-refractivity contribution >= 4 is 40.7 Å². The van der Waals surface area contributed by atoms with E-state index >= 15 is 0 Å². The van der Waals surface area contributed by atoms with Crippen LogP contribution in [0.5, 0.6) is 0 Å². The summed E-state index contributed by atoms with van der Waals surface area (Å²) < 4.78 is 4.75. The molecule has 1 heterocycles. The van der Waals surface area contributed by atoms with Crippen LogP contribution in [0.4, 0.5) is 23.1 Å². The summed E-state index contributed by atoms with van der Waals surface area (Å²) in [6, 6.07) is 16.6. The summed E-state index contributed by atoms with van der Waals surface area (Å²) in [7, 11) is 3.27. The van der Waals surface area contributed by atoms with Crippen LogP contribution in [0.2, 0.25) is 5.02 Å². The Kier molecular flexibility index (Phi) is 5.57. The molecule has 0 unspecified atom stereocenters. The summed E-state index contributed by atoms with van der Waals surface area (Å²) in [6.07, 6.45) is 0. The van der Waals surface area contributed by atoms with E-state index in [2.05, 4.69) is 15.3 Å². The molecule has 0 saturated heterocycles. The Morgan fingerprint density at radius 2 is 1.85 bits per heavy atom. The van der Waals surface area contributed by atoms with E-state index in [0.29, 0.717) is 22.2 Å². The number of benzene rings is 2. The minimum Gasteiger partial charge on any atom is -0.465 e. The molecule has 0 amide bonds. The number of para-hydroxylation sites is 1. The molecule has 138 valence electrons. The van der Waals surface area contributed by atoms with Gasteiger partial charge in [0.2, 0.25) is 5.95 Å². The van der Waals surface area contributed by atoms with E-state index in [-0.39, 0.29) is 0 Å². The van der Waals surface area contributed by atoms with Gasteiger partial charge < -0.3 is 15.0 Å². The van der Waals surface area contributed by atoms with Gasteiger partial charge in [0.05, 0.1) is 23.4 Å². The van der Waals surface area contributed by atoms with E-state index in [4.69, 9.17) is 16.3 Å². The van der Waals surface area contributed by atoms with E-state index in [1.807, 2.05) is 55.3 Å². The van der Waals surface area contributed by atoms with Gasteiger partial charge in [-0.15, -0.1) is 0 Å². The second-order valence-electron chi connectivity index (χ2n) is 5.90. The first-order valence-corrected chi connectivity index (χ1v) is 8.65. The summed E-state index contributed by atoms with van der Waals surface area (Å²) in [6.45, 7) is 1.89. The highest BCUT2D eigenvalue weighted by molar-refractivity contribution is 6.33. The highest BCUT2D eigenvalue weighted by atomic mass is 35.5. The summed E-state index contributed by atoms with van der Waals surface area (Å²) in [4.78, 5) is 22.7. The predicted octanol–water partition coefficient (Wildman–Crippen LogP) is 4.74. The van der Waals surface area contributed by atoms with Crippen LogP contribution in [0.3, 0.4) is 0 Å². The molecule has 0 fully saturated rings. The fourth-order valence-corrected chi connectivity index (χ4v) is 2.71. The molecular formula is C20H19ClN4O2. The summed E-state index contributed by atoms with van der Waals surface area (Å²) >= 11 is 6.25. The van der Waals surface area contributed by atoms with Crippen LogP contribution >= 0.6 is 11.6 Å². The zero-order valence-corrected chi connectivity index (χ0v) is 16.0. The van der Waals surface area contributed by atoms with Crippen LogP contribution in [0.1, 0.15) is 16.1 Å². The predicted molar refractivity (Wildman–Crippen MR) is 107 cm³/mol. The molecule has 0 atom stereocenters. The smallest absolute Gasteiger partial charge is 0.337 e. The zero-order chi connectivity index (χ0) is 19.4. The Morgan fingerprint density at radius 3 is 2.56 bits per heavy atom. The quantitative estimate of drug-likeness (QED) is 0.643. The maximum Gasteiger partial charge on any atom is 0.337 e. The minimum atomic E-state index is -0.440. The van der Waals surface area contributed by atoms with E-state index in [1.54, 1.807) is 18.2 Å². The van der Waals surface area contributed by atoms with E-state index < -0.39 is 5.97 Å². The van der Waals surface area contributed by atoms with Gasteiger partial charge in [-0.25, -0.2) is 9.78 Å². The van der Waals surface area contributed by atoms with Crippen molar-refractivity contribution in [3.63, 3.8) is 0 Å². The lowest BCUT2D eigenvalue weighted by Gasteiger charge is -2.19. The van der Waals surface area contributed by atoms with Gasteiger partial charge in [0.1, 0.15) is 5.82 Å². The minimum absolute atomic E-state index is 0.386. The van der Waals surface area contributed by atoms with Crippen molar-refractivity contribution in [1.82, 2.24) is 9.97 Å². The monoisotopic (exact) mass is 382 g/mol. The number of halogens is 1. The van der Waals surface area contributed by atoms with Crippen LogP contribution < -0.4 is 10.2 Å². The molecule has 6 nitrogen and oxygen atoms in total. The number of hydrogen-bond acceptors (Lipinski definition) is 6. The fourth-order valence-electron chi connectivity index (χ4n) is 2.55. The molecule has 1 aromatic heterocycles. The molecule has 2 aromatic carbocycles. The molecule has 0 spiro atoms. The highest BCUT2D eigenvalue weighted by Crippen LogP contribution is 2.28. The summed E-state index contributed by atoms with van der Waals surface area (Å²) in [5.41, 5.74) is 2.72. The van der Waals surface area contributed by atoms with Crippen molar-refractivity contribution in [3.05, 3.63) is 70.9 Å². The van der Waals surface area contributed by atoms with Crippen molar-refractivity contribution < 1.29 is 9.53 Å². The van der Waals surface area contributed by atoms with Gasteiger partial charge in [-0.1, -0.05) is 29.8 Å². The third-order valence-corrected chi connectivity index (χ3v) is 4.29. The molecule has 7 heteroatoms. The average molecular weight is 383 g/mol. The molecule has 3 rings (SSSR count). The van der Waals surface area contributed by atoms with Gasteiger partial charge >= 0.3 is 5.97 Å². The number of ether oxygens (including phenoxy) is 1. The van der Waals surface area contributed by atoms with Crippen molar-refractivity contribution in [2.45, 2.75) is 6.92 Å². The van der Waals surface area contributed by atoms with Crippen LogP contribution in [-0.2, 0) is 4.74 Å². The molecule has 3 aromatic rings. The Morgan fingerprint density at radius 1 is 1.11 bits per heavy atom. The second-order valence-corrected chi connectivity index (χ2v) is 6.30. The number of aromatic nitrogens is 2. The molecule has 0 bridgehead atoms. The number of carbonyl (C=O) groups is 1. The summed E-state index contributed by atoms with van der Waals surface area (Å²) in [5, 5.41) is 3.54. The van der Waals surface area contributed by atoms with Crippen LogP contribution in [0, 0.1) is 6.92 Å². The number of aryl methyl sites for hydroxylation is 1. The van der Waals surface area contributed by atoms with Crippen LogP contribution in [-0.4, -0.2) is 30.1 Å². The second kappa shape index (κ2) is 8.05. The lowest BCUT2D eigenvalue weighted by atomic mass is 10.2. The average Bonchev–Trinajstić information content (AvgIpc) is 2.68. The molecule has 0 radical (unpaired) electrons. The molecule has 0 aliphatic carbocycles. The van der Waals surface area contributed by atoms with Crippen molar-refractivity contribution in [1.29, 1.82) is 0 Å². The van der Waals surface area contributed by atoms with Crippen LogP contribution in [0.25, 0.3) is 0 Å². The van der Waals surface area contributed by atoms with Gasteiger partial charge in [0.25, 0.3) is 0 Å². The third kappa shape index (κ3) is 4.35. The number of esters is 1. The topological polar surface area (TPSA) is 67.3 Å². The molecule has 0 saturated carbocycles. The standard InChI is InChI=1S/C20H19ClN4O2/c1-13-11-18(25(2)15-7-5-4-6-8-15)24-20(22-13)23-17-12-14(19(26)27-3)9-10-16(17)21/h4-12H,1-3H3,(H,22,23,24). The zero-order valence-electron chi connectivity index (χ0n) is 15.2. The number of anilines is 4. The van der Waals surface area contributed by atoms with E-state index in [0.717, 1.165) is 17.2 Å². The number of hydrogen-bond donors (Lipinski definition) is 1.